The van der Waals surface area contributed by atoms with Crippen molar-refractivity contribution in [1.82, 2.24) is 20.1 Å². The Kier molecular flexibility index (Phi) is 8.22. The van der Waals surface area contributed by atoms with Crippen LogP contribution in [0.3, 0.4) is 0 Å². The van der Waals surface area contributed by atoms with E-state index in [1.807, 2.05) is 91.0 Å². The molecule has 6 aromatic rings. The third-order valence-corrected chi connectivity index (χ3v) is 6.92. The molecular formula is C34H32N8O. The van der Waals surface area contributed by atoms with E-state index < -0.39 is 0 Å². The van der Waals surface area contributed by atoms with Crippen LogP contribution in [0, 0.1) is 0 Å². The third kappa shape index (κ3) is 6.79. The number of anilines is 7. The second-order valence-electron chi connectivity index (χ2n) is 9.79. The predicted molar refractivity (Wildman–Crippen MR) is 173 cm³/mol. The zero-order valence-corrected chi connectivity index (χ0v) is 24.0. The number of para-hydroxylation sites is 2. The van der Waals surface area contributed by atoms with Crippen molar-refractivity contribution in [3.63, 3.8) is 0 Å². The molecule has 0 spiro atoms. The van der Waals surface area contributed by atoms with Gasteiger partial charge in [-0.3, -0.25) is 0 Å². The Bertz CT molecular complexity index is 1690. The molecule has 0 fully saturated rings. The second-order valence-corrected chi connectivity index (χ2v) is 9.79. The molecule has 0 aliphatic heterocycles. The number of hydrogen-bond donors (Lipinski definition) is 3. The summed E-state index contributed by atoms with van der Waals surface area (Å²) in [6.07, 6.45) is 0. The summed E-state index contributed by atoms with van der Waals surface area (Å²) in [5, 5.41) is 14.1. The molecule has 0 aliphatic carbocycles. The minimum absolute atomic E-state index is 0.400. The fourth-order valence-electron chi connectivity index (χ4n) is 4.67. The molecule has 0 radical (unpaired) electrons. The molecule has 0 amide bonds. The van der Waals surface area contributed by atoms with Crippen LogP contribution in [0.5, 0.6) is 0 Å². The lowest BCUT2D eigenvalue weighted by Gasteiger charge is -2.20. The number of benzene rings is 4. The molecule has 214 valence electrons. The SMILES string of the molecule is CCN(CC)c1ccc(-c2cc(-c3ccc(Nc4nc(Nc5ccccc5)nc(Nc5ccccc5)n4)cc3)no2)cc1. The molecule has 0 saturated heterocycles. The summed E-state index contributed by atoms with van der Waals surface area (Å²) in [5.41, 5.74) is 6.46. The van der Waals surface area contributed by atoms with Gasteiger partial charge in [-0.25, -0.2) is 0 Å². The Morgan fingerprint density at radius 3 is 1.51 bits per heavy atom. The molecule has 9 heteroatoms. The molecule has 0 unspecified atom stereocenters. The summed E-state index contributed by atoms with van der Waals surface area (Å²) in [4.78, 5) is 16.1. The van der Waals surface area contributed by atoms with E-state index in [-0.39, 0.29) is 0 Å². The lowest BCUT2D eigenvalue weighted by atomic mass is 10.1. The summed E-state index contributed by atoms with van der Waals surface area (Å²) in [5.74, 6) is 1.96. The van der Waals surface area contributed by atoms with Gasteiger partial charge in [0.05, 0.1) is 0 Å². The lowest BCUT2D eigenvalue weighted by molar-refractivity contribution is 0.435. The molecule has 43 heavy (non-hydrogen) atoms. The fourth-order valence-corrected chi connectivity index (χ4v) is 4.67. The van der Waals surface area contributed by atoms with E-state index in [4.69, 9.17) is 4.52 Å². The number of nitrogens with one attached hydrogen (secondary N) is 3. The largest absolute Gasteiger partial charge is 0.372 e. The van der Waals surface area contributed by atoms with Crippen LogP contribution in [0.2, 0.25) is 0 Å². The first kappa shape index (κ1) is 27.5. The average molecular weight is 569 g/mol. The van der Waals surface area contributed by atoms with Crippen LogP contribution >= 0.6 is 0 Å². The molecule has 6 rings (SSSR count). The molecule has 3 N–H and O–H groups in total. The molecular weight excluding hydrogens is 536 g/mol. The van der Waals surface area contributed by atoms with E-state index >= 15 is 0 Å². The Morgan fingerprint density at radius 1 is 0.558 bits per heavy atom. The Morgan fingerprint density at radius 2 is 1.02 bits per heavy atom. The monoisotopic (exact) mass is 568 g/mol. The van der Waals surface area contributed by atoms with Gasteiger partial charge in [-0.1, -0.05) is 53.7 Å². The molecule has 2 heterocycles. The van der Waals surface area contributed by atoms with E-state index in [1.165, 1.54) is 5.69 Å². The Labute approximate surface area is 250 Å². The number of hydrogen-bond acceptors (Lipinski definition) is 9. The van der Waals surface area contributed by atoms with Crippen molar-refractivity contribution in [1.29, 1.82) is 0 Å². The summed E-state index contributed by atoms with van der Waals surface area (Å²) in [6.45, 7) is 6.26. The highest BCUT2D eigenvalue weighted by atomic mass is 16.5. The van der Waals surface area contributed by atoms with E-state index in [0.717, 1.165) is 52.7 Å². The third-order valence-electron chi connectivity index (χ3n) is 6.92. The standard InChI is InChI=1S/C34H32N8O/c1-3-42(4-2)29-21-17-25(18-22-29)31-23-30(41-43-31)24-15-19-28(20-16-24)37-34-39-32(35-26-11-7-5-8-12-26)38-33(40-34)36-27-13-9-6-10-14-27/h5-23H,3-4H2,1-2H3,(H3,35,36,37,38,39,40). The first-order valence-electron chi connectivity index (χ1n) is 14.3. The van der Waals surface area contributed by atoms with Crippen molar-refractivity contribution in [3.05, 3.63) is 115 Å². The fraction of sp³-hybridized carbons (Fsp3) is 0.118. The highest BCUT2D eigenvalue weighted by Gasteiger charge is 2.12. The summed E-state index contributed by atoms with van der Waals surface area (Å²) in [7, 11) is 0. The maximum atomic E-state index is 5.69. The first-order valence-corrected chi connectivity index (χ1v) is 14.3. The van der Waals surface area contributed by atoms with Crippen molar-refractivity contribution >= 4 is 40.6 Å². The van der Waals surface area contributed by atoms with Gasteiger partial charge in [-0.05, 0) is 74.5 Å². The molecule has 2 aromatic heterocycles. The predicted octanol–water partition coefficient (Wildman–Crippen LogP) is 8.27. The minimum atomic E-state index is 0.400. The Balaban J connectivity index is 1.19. The highest BCUT2D eigenvalue weighted by Crippen LogP contribution is 2.29. The average Bonchev–Trinajstić information content (AvgIpc) is 3.54. The smallest absolute Gasteiger partial charge is 0.233 e. The molecule has 0 saturated carbocycles. The van der Waals surface area contributed by atoms with Crippen molar-refractivity contribution in [2.24, 2.45) is 0 Å². The number of nitrogens with zero attached hydrogens (tertiary/aromatic N) is 5. The lowest BCUT2D eigenvalue weighted by Crippen LogP contribution is -2.21. The van der Waals surface area contributed by atoms with Gasteiger partial charge >= 0.3 is 0 Å². The number of aromatic nitrogens is 4. The van der Waals surface area contributed by atoms with Crippen LogP contribution in [0.25, 0.3) is 22.6 Å². The molecule has 0 atom stereocenters. The topological polar surface area (TPSA) is 104 Å². The van der Waals surface area contributed by atoms with Crippen LogP contribution in [0.4, 0.5) is 40.6 Å². The second kappa shape index (κ2) is 12.9. The summed E-state index contributed by atoms with van der Waals surface area (Å²) in [6, 6.07) is 37.8. The summed E-state index contributed by atoms with van der Waals surface area (Å²) < 4.78 is 5.69. The minimum Gasteiger partial charge on any atom is -0.372 e. The molecule has 9 nitrogen and oxygen atoms in total. The van der Waals surface area contributed by atoms with Gasteiger partial charge in [0, 0.05) is 53.0 Å². The van der Waals surface area contributed by atoms with Gasteiger partial charge in [0.1, 0.15) is 5.69 Å². The van der Waals surface area contributed by atoms with Crippen molar-refractivity contribution in [2.75, 3.05) is 33.9 Å². The maximum Gasteiger partial charge on any atom is 0.233 e. The van der Waals surface area contributed by atoms with E-state index in [2.05, 4.69) is 79.1 Å². The molecule has 0 bridgehead atoms. The van der Waals surface area contributed by atoms with E-state index in [0.29, 0.717) is 17.8 Å². The van der Waals surface area contributed by atoms with Crippen LogP contribution in [-0.4, -0.2) is 33.2 Å². The molecule has 4 aromatic carbocycles. The highest BCUT2D eigenvalue weighted by molar-refractivity contribution is 5.70. The normalized spacial score (nSPS) is 10.7. The van der Waals surface area contributed by atoms with Gasteiger partial charge in [-0.15, -0.1) is 0 Å². The first-order chi connectivity index (χ1) is 21.2. The van der Waals surface area contributed by atoms with Crippen LogP contribution in [0.15, 0.2) is 120 Å². The maximum absolute atomic E-state index is 5.69. The van der Waals surface area contributed by atoms with Gasteiger partial charge in [-0.2, -0.15) is 15.0 Å². The van der Waals surface area contributed by atoms with Crippen molar-refractivity contribution in [3.8, 4) is 22.6 Å². The van der Waals surface area contributed by atoms with Gasteiger partial charge in [0.25, 0.3) is 0 Å². The Hall–Kier alpha value is -5.70. The van der Waals surface area contributed by atoms with Crippen molar-refractivity contribution < 1.29 is 4.52 Å². The zero-order chi connectivity index (χ0) is 29.4. The van der Waals surface area contributed by atoms with Crippen molar-refractivity contribution in [2.45, 2.75) is 13.8 Å². The van der Waals surface area contributed by atoms with Gasteiger partial charge in [0.2, 0.25) is 17.8 Å². The zero-order valence-electron chi connectivity index (χ0n) is 24.0. The van der Waals surface area contributed by atoms with Crippen LogP contribution in [-0.2, 0) is 0 Å². The van der Waals surface area contributed by atoms with E-state index in [1.54, 1.807) is 0 Å². The van der Waals surface area contributed by atoms with E-state index in [9.17, 15) is 0 Å². The van der Waals surface area contributed by atoms with Gasteiger partial charge < -0.3 is 25.4 Å². The van der Waals surface area contributed by atoms with Crippen LogP contribution < -0.4 is 20.9 Å². The quantitative estimate of drug-likeness (QED) is 0.142. The van der Waals surface area contributed by atoms with Crippen LogP contribution in [0.1, 0.15) is 13.8 Å². The number of rotatable bonds is 11. The molecule has 0 aliphatic rings. The van der Waals surface area contributed by atoms with Gasteiger partial charge in [0.15, 0.2) is 5.76 Å². The summed E-state index contributed by atoms with van der Waals surface area (Å²) >= 11 is 0.